The van der Waals surface area contributed by atoms with Crippen LogP contribution in [-0.4, -0.2) is 28.6 Å². The van der Waals surface area contributed by atoms with Crippen molar-refractivity contribution in [2.45, 2.75) is 31.8 Å². The minimum atomic E-state index is 0.474. The molecule has 2 unspecified atom stereocenters. The topological polar surface area (TPSA) is 49.8 Å². The number of aromatic nitrogens is 2. The molecule has 0 radical (unpaired) electrons. The quantitative estimate of drug-likeness (QED) is 0.814. The second kappa shape index (κ2) is 5.07. The number of halogens is 1. The van der Waals surface area contributed by atoms with E-state index in [2.05, 4.69) is 50.1 Å². The largest absolute Gasteiger partial charge is 0.365 e. The van der Waals surface area contributed by atoms with Crippen LogP contribution in [0, 0.1) is 3.57 Å². The maximum atomic E-state index is 4.25. The Kier molecular flexibility index (Phi) is 3.74. The van der Waals surface area contributed by atoms with Crippen molar-refractivity contribution in [3.05, 3.63) is 16.1 Å². The maximum absolute atomic E-state index is 4.25. The fourth-order valence-corrected chi connectivity index (χ4v) is 2.29. The Morgan fingerprint density at radius 3 is 3.20 bits per heavy atom. The monoisotopic (exact) mass is 318 g/mol. The van der Waals surface area contributed by atoms with Gasteiger partial charge in [-0.3, -0.25) is 0 Å². The normalized spacial score (nSPS) is 26.3. The molecule has 1 fully saturated rings. The van der Waals surface area contributed by atoms with Gasteiger partial charge in [0.2, 0.25) is 0 Å². The van der Waals surface area contributed by atoms with E-state index in [4.69, 9.17) is 0 Å². The molecule has 4 nitrogen and oxygen atoms in total. The molecule has 0 saturated carbocycles. The number of anilines is 1. The average molecular weight is 318 g/mol. The number of nitrogens with zero attached hydrogens (tertiary/aromatic N) is 2. The first-order valence-electron chi connectivity index (χ1n) is 5.23. The van der Waals surface area contributed by atoms with Crippen molar-refractivity contribution in [2.75, 3.05) is 11.9 Å². The van der Waals surface area contributed by atoms with Gasteiger partial charge in [-0.25, -0.2) is 9.97 Å². The number of nitrogens with one attached hydrogen (secondary N) is 2. The van der Waals surface area contributed by atoms with Crippen molar-refractivity contribution in [2.24, 2.45) is 0 Å². The van der Waals surface area contributed by atoms with Crippen LogP contribution in [0.15, 0.2) is 12.5 Å². The average Bonchev–Trinajstić information content (AvgIpc) is 2.24. The highest BCUT2D eigenvalue weighted by Gasteiger charge is 2.21. The maximum Gasteiger partial charge on any atom is 0.143 e. The molecule has 15 heavy (non-hydrogen) atoms. The molecule has 1 aromatic rings. The summed E-state index contributed by atoms with van der Waals surface area (Å²) in [6.07, 6.45) is 5.85. The van der Waals surface area contributed by atoms with Gasteiger partial charge in [0.25, 0.3) is 0 Å². The van der Waals surface area contributed by atoms with Crippen LogP contribution in [0.1, 0.15) is 19.8 Å². The highest BCUT2D eigenvalue weighted by atomic mass is 127. The summed E-state index contributed by atoms with van der Waals surface area (Å²) in [6.45, 7) is 3.34. The lowest BCUT2D eigenvalue weighted by atomic mass is 10.00. The first-order valence-corrected chi connectivity index (χ1v) is 6.30. The molecule has 0 amide bonds. The molecule has 1 saturated heterocycles. The first kappa shape index (κ1) is 11.1. The van der Waals surface area contributed by atoms with Crippen LogP contribution < -0.4 is 10.6 Å². The van der Waals surface area contributed by atoms with Crippen molar-refractivity contribution in [3.8, 4) is 0 Å². The van der Waals surface area contributed by atoms with Gasteiger partial charge in [-0.1, -0.05) is 0 Å². The molecule has 2 N–H and O–H groups in total. The molecule has 0 aromatic carbocycles. The van der Waals surface area contributed by atoms with E-state index >= 15 is 0 Å². The summed E-state index contributed by atoms with van der Waals surface area (Å²) in [5.74, 6) is 0.950. The zero-order valence-corrected chi connectivity index (χ0v) is 10.9. The number of hydrogen-bond acceptors (Lipinski definition) is 4. The van der Waals surface area contributed by atoms with Gasteiger partial charge in [0.1, 0.15) is 12.1 Å². The molecule has 2 rings (SSSR count). The molecule has 0 spiro atoms. The SMILES string of the molecule is CC1NCCCC1Nc1ncncc1I. The molecule has 1 aliphatic heterocycles. The van der Waals surface area contributed by atoms with Crippen molar-refractivity contribution in [1.29, 1.82) is 0 Å². The predicted molar refractivity (Wildman–Crippen MR) is 68.9 cm³/mol. The van der Waals surface area contributed by atoms with Gasteiger partial charge in [-0.15, -0.1) is 0 Å². The van der Waals surface area contributed by atoms with E-state index in [1.807, 2.05) is 6.20 Å². The van der Waals surface area contributed by atoms with Crippen molar-refractivity contribution in [1.82, 2.24) is 15.3 Å². The van der Waals surface area contributed by atoms with Crippen LogP contribution in [0.5, 0.6) is 0 Å². The van der Waals surface area contributed by atoms with E-state index in [0.717, 1.165) is 15.9 Å². The molecule has 0 aliphatic carbocycles. The third kappa shape index (κ3) is 2.78. The lowest BCUT2D eigenvalue weighted by molar-refractivity contribution is 0.388. The summed E-state index contributed by atoms with van der Waals surface area (Å²) in [5.41, 5.74) is 0. The van der Waals surface area contributed by atoms with Gasteiger partial charge in [0.05, 0.1) is 3.57 Å². The van der Waals surface area contributed by atoms with E-state index in [0.29, 0.717) is 12.1 Å². The van der Waals surface area contributed by atoms with Gasteiger partial charge in [0.15, 0.2) is 0 Å². The van der Waals surface area contributed by atoms with Crippen LogP contribution in [0.25, 0.3) is 0 Å². The number of rotatable bonds is 2. The van der Waals surface area contributed by atoms with Crippen LogP contribution in [0.2, 0.25) is 0 Å². The summed E-state index contributed by atoms with van der Waals surface area (Å²) >= 11 is 2.26. The van der Waals surface area contributed by atoms with E-state index in [-0.39, 0.29) is 0 Å². The van der Waals surface area contributed by atoms with E-state index < -0.39 is 0 Å². The van der Waals surface area contributed by atoms with Crippen LogP contribution in [0.3, 0.4) is 0 Å². The molecule has 5 heteroatoms. The Morgan fingerprint density at radius 2 is 2.47 bits per heavy atom. The molecule has 0 bridgehead atoms. The second-order valence-electron chi connectivity index (χ2n) is 3.86. The second-order valence-corrected chi connectivity index (χ2v) is 5.02. The molecular weight excluding hydrogens is 303 g/mol. The fraction of sp³-hybridized carbons (Fsp3) is 0.600. The van der Waals surface area contributed by atoms with Crippen molar-refractivity contribution < 1.29 is 0 Å². The Balaban J connectivity index is 2.04. The summed E-state index contributed by atoms with van der Waals surface area (Å²) in [5, 5.41) is 6.94. The van der Waals surface area contributed by atoms with Crippen LogP contribution >= 0.6 is 22.6 Å². The van der Waals surface area contributed by atoms with E-state index in [1.54, 1.807) is 6.33 Å². The van der Waals surface area contributed by atoms with Crippen LogP contribution in [0.4, 0.5) is 5.82 Å². The van der Waals surface area contributed by atoms with Gasteiger partial charge >= 0.3 is 0 Å². The zero-order chi connectivity index (χ0) is 10.7. The van der Waals surface area contributed by atoms with E-state index in [1.165, 1.54) is 12.8 Å². The molecule has 82 valence electrons. The Morgan fingerprint density at radius 1 is 1.60 bits per heavy atom. The third-order valence-electron chi connectivity index (χ3n) is 2.75. The lowest BCUT2D eigenvalue weighted by Crippen LogP contribution is -2.46. The van der Waals surface area contributed by atoms with Crippen LogP contribution in [-0.2, 0) is 0 Å². The molecule has 1 aromatic heterocycles. The molecule has 2 atom stereocenters. The first-order chi connectivity index (χ1) is 7.27. The Bertz CT molecular complexity index is 331. The summed E-state index contributed by atoms with van der Waals surface area (Å²) in [7, 11) is 0. The molecule has 1 aliphatic rings. The Hall–Kier alpha value is -0.430. The van der Waals surface area contributed by atoms with Gasteiger partial charge in [-0.2, -0.15) is 0 Å². The summed E-state index contributed by atoms with van der Waals surface area (Å²) in [6, 6.07) is 0.978. The standard InChI is InChI=1S/C10H15IN4/c1-7-9(3-2-4-13-7)15-10-8(11)5-12-6-14-10/h5-7,9,13H,2-4H2,1H3,(H,12,14,15). The Labute approximate surface area is 103 Å². The minimum Gasteiger partial charge on any atom is -0.365 e. The summed E-state index contributed by atoms with van der Waals surface area (Å²) < 4.78 is 1.08. The number of piperidine rings is 1. The molecule has 2 heterocycles. The van der Waals surface area contributed by atoms with Gasteiger partial charge in [0, 0.05) is 18.3 Å². The lowest BCUT2D eigenvalue weighted by Gasteiger charge is -2.31. The number of hydrogen-bond donors (Lipinski definition) is 2. The highest BCUT2D eigenvalue weighted by molar-refractivity contribution is 14.1. The van der Waals surface area contributed by atoms with Crippen molar-refractivity contribution >= 4 is 28.4 Å². The van der Waals surface area contributed by atoms with Gasteiger partial charge in [-0.05, 0) is 48.9 Å². The van der Waals surface area contributed by atoms with Gasteiger partial charge < -0.3 is 10.6 Å². The van der Waals surface area contributed by atoms with Crippen molar-refractivity contribution in [3.63, 3.8) is 0 Å². The fourth-order valence-electron chi connectivity index (χ4n) is 1.84. The minimum absolute atomic E-state index is 0.474. The highest BCUT2D eigenvalue weighted by Crippen LogP contribution is 2.18. The predicted octanol–water partition coefficient (Wildman–Crippen LogP) is 1.63. The third-order valence-corrected chi connectivity index (χ3v) is 3.54. The van der Waals surface area contributed by atoms with E-state index in [9.17, 15) is 0 Å². The zero-order valence-electron chi connectivity index (χ0n) is 8.70. The smallest absolute Gasteiger partial charge is 0.143 e. The molecular formula is C10H15IN4. The summed E-state index contributed by atoms with van der Waals surface area (Å²) in [4.78, 5) is 8.23.